The molecule has 0 N–H and O–H groups in total. The smallest absolute Gasteiger partial charge is 0.241 e. The van der Waals surface area contributed by atoms with Crippen LogP contribution in [0.1, 0.15) is 32.4 Å². The molecule has 168 valence electrons. The molecule has 2 fully saturated rings. The molecule has 3 aliphatic rings. The number of Topliss-reactive ketones (excluding diaryl/α,β-unsaturated/α-hetero) is 2. The highest BCUT2D eigenvalue weighted by Gasteiger charge is 2.74. The SMILES string of the molecule is O=C1[C@H]2[C@@H](c3ccccc3Br)OC3(C(=O)c4ccccc4C3=O)[C@@H]2C(=O)N1c1ccc(Cl)cc1. The van der Waals surface area contributed by atoms with E-state index >= 15 is 0 Å². The molecule has 2 amide bonds. The Morgan fingerprint density at radius 3 is 2.00 bits per heavy atom. The standard InChI is InChI=1S/C26H15BrClNO5/c27-18-8-4-3-7-17(18)21-19-20(25(33)29(24(19)32)14-11-9-13(28)10-12-14)26(34-21)22(30)15-5-1-2-6-16(15)23(26)31/h1-12,19-21H/t19-,20+,21-/m1/s1. The molecule has 2 heterocycles. The molecule has 0 bridgehead atoms. The zero-order chi connectivity index (χ0) is 23.8. The quantitative estimate of drug-likeness (QED) is 0.347. The minimum absolute atomic E-state index is 0.198. The molecule has 6 nitrogen and oxygen atoms in total. The van der Waals surface area contributed by atoms with Crippen molar-refractivity contribution in [1.82, 2.24) is 0 Å². The van der Waals surface area contributed by atoms with Crippen molar-refractivity contribution in [2.45, 2.75) is 11.7 Å². The van der Waals surface area contributed by atoms with Crippen molar-refractivity contribution in [2.75, 3.05) is 4.90 Å². The van der Waals surface area contributed by atoms with Crippen LogP contribution < -0.4 is 4.90 Å². The third-order valence-electron chi connectivity index (χ3n) is 6.82. The number of anilines is 1. The molecule has 1 spiro atoms. The minimum Gasteiger partial charge on any atom is -0.349 e. The van der Waals surface area contributed by atoms with Crippen LogP contribution in [-0.2, 0) is 14.3 Å². The van der Waals surface area contributed by atoms with E-state index in [4.69, 9.17) is 16.3 Å². The van der Waals surface area contributed by atoms with Crippen LogP contribution >= 0.6 is 27.5 Å². The van der Waals surface area contributed by atoms with E-state index in [1.807, 2.05) is 0 Å². The summed E-state index contributed by atoms with van der Waals surface area (Å²) in [6.45, 7) is 0. The Balaban J connectivity index is 1.56. The van der Waals surface area contributed by atoms with Crippen molar-refractivity contribution in [2.24, 2.45) is 11.8 Å². The van der Waals surface area contributed by atoms with Gasteiger partial charge in [0.1, 0.15) is 0 Å². The van der Waals surface area contributed by atoms with E-state index in [2.05, 4.69) is 15.9 Å². The first-order valence-corrected chi connectivity index (χ1v) is 11.8. The second-order valence-corrected chi connectivity index (χ2v) is 9.78. The van der Waals surface area contributed by atoms with Crippen LogP contribution in [-0.4, -0.2) is 29.0 Å². The Hall–Kier alpha value is -3.13. The number of halogens is 2. The van der Waals surface area contributed by atoms with Gasteiger partial charge in [-0.2, -0.15) is 0 Å². The lowest BCUT2D eigenvalue weighted by atomic mass is 9.77. The number of ether oxygens (including phenoxy) is 1. The molecule has 6 rings (SSSR count). The van der Waals surface area contributed by atoms with Gasteiger partial charge >= 0.3 is 0 Å². The molecule has 0 saturated carbocycles. The molecule has 3 aromatic carbocycles. The van der Waals surface area contributed by atoms with Crippen molar-refractivity contribution >= 4 is 56.6 Å². The lowest BCUT2D eigenvalue weighted by Crippen LogP contribution is -2.51. The number of carbonyl (C=O) groups is 4. The van der Waals surface area contributed by atoms with Crippen molar-refractivity contribution in [3.8, 4) is 0 Å². The summed E-state index contributed by atoms with van der Waals surface area (Å²) in [5.74, 6) is -4.68. The Morgan fingerprint density at radius 1 is 0.794 bits per heavy atom. The molecule has 0 aromatic heterocycles. The predicted octanol–water partition coefficient (Wildman–Crippen LogP) is 4.80. The van der Waals surface area contributed by atoms with Gasteiger partial charge in [0.2, 0.25) is 29.0 Å². The molecule has 2 saturated heterocycles. The van der Waals surface area contributed by atoms with Crippen LogP contribution in [0, 0.1) is 11.8 Å². The zero-order valence-electron chi connectivity index (χ0n) is 17.4. The zero-order valence-corrected chi connectivity index (χ0v) is 19.7. The minimum atomic E-state index is -2.10. The highest BCUT2D eigenvalue weighted by molar-refractivity contribution is 9.10. The summed E-state index contributed by atoms with van der Waals surface area (Å²) in [7, 11) is 0. The maximum atomic E-state index is 13.8. The molecule has 0 radical (unpaired) electrons. The molecule has 1 aliphatic carbocycles. The molecule has 34 heavy (non-hydrogen) atoms. The Labute approximate surface area is 207 Å². The van der Waals surface area contributed by atoms with Gasteiger partial charge in [-0.05, 0) is 35.9 Å². The molecule has 0 unspecified atom stereocenters. The second-order valence-electron chi connectivity index (χ2n) is 8.49. The van der Waals surface area contributed by atoms with Crippen LogP contribution in [0.25, 0.3) is 0 Å². The van der Waals surface area contributed by atoms with Crippen molar-refractivity contribution in [3.05, 3.63) is 99.0 Å². The number of imide groups is 1. The van der Waals surface area contributed by atoms with Gasteiger partial charge in [0.15, 0.2) is 0 Å². The monoisotopic (exact) mass is 535 g/mol. The summed E-state index contributed by atoms with van der Waals surface area (Å²) >= 11 is 9.48. The fraction of sp³-hybridized carbons (Fsp3) is 0.154. The largest absolute Gasteiger partial charge is 0.349 e. The first-order valence-electron chi connectivity index (χ1n) is 10.6. The number of hydrogen-bond acceptors (Lipinski definition) is 5. The van der Waals surface area contributed by atoms with Crippen molar-refractivity contribution in [3.63, 3.8) is 0 Å². The summed E-state index contributed by atoms with van der Waals surface area (Å²) < 4.78 is 6.93. The average molecular weight is 537 g/mol. The normalized spacial score (nSPS) is 24.8. The first kappa shape index (κ1) is 21.4. The van der Waals surface area contributed by atoms with Crippen LogP contribution in [0.2, 0.25) is 5.02 Å². The van der Waals surface area contributed by atoms with Crippen LogP contribution in [0.15, 0.2) is 77.3 Å². The number of hydrogen-bond donors (Lipinski definition) is 0. The number of ketones is 2. The van der Waals surface area contributed by atoms with Crippen molar-refractivity contribution < 1.29 is 23.9 Å². The van der Waals surface area contributed by atoms with Gasteiger partial charge in [-0.1, -0.05) is 70.0 Å². The Morgan fingerprint density at radius 2 is 1.38 bits per heavy atom. The number of fused-ring (bicyclic) bond motifs is 3. The van der Waals surface area contributed by atoms with Gasteiger partial charge in [-0.25, -0.2) is 4.90 Å². The van der Waals surface area contributed by atoms with Crippen LogP contribution in [0.3, 0.4) is 0 Å². The van der Waals surface area contributed by atoms with Gasteiger partial charge in [0.05, 0.1) is 23.6 Å². The summed E-state index contributed by atoms with van der Waals surface area (Å²) in [5.41, 5.74) is -0.786. The molecular weight excluding hydrogens is 522 g/mol. The van der Waals surface area contributed by atoms with E-state index in [1.54, 1.807) is 72.8 Å². The number of benzene rings is 3. The summed E-state index contributed by atoms with van der Waals surface area (Å²) in [4.78, 5) is 56.1. The van der Waals surface area contributed by atoms with E-state index in [9.17, 15) is 19.2 Å². The third-order valence-corrected chi connectivity index (χ3v) is 7.79. The van der Waals surface area contributed by atoms with Crippen LogP contribution in [0.4, 0.5) is 5.69 Å². The lowest BCUT2D eigenvalue weighted by molar-refractivity contribution is -0.127. The van der Waals surface area contributed by atoms with Gasteiger partial charge in [0.25, 0.3) is 0 Å². The van der Waals surface area contributed by atoms with E-state index in [0.717, 1.165) is 4.90 Å². The topological polar surface area (TPSA) is 80.8 Å². The molecule has 3 atom stereocenters. The lowest BCUT2D eigenvalue weighted by Gasteiger charge is -2.27. The van der Waals surface area contributed by atoms with Gasteiger partial charge < -0.3 is 4.74 Å². The van der Waals surface area contributed by atoms with E-state index in [1.165, 1.54) is 0 Å². The molecular formula is C26H15BrClNO5. The summed E-state index contributed by atoms with van der Waals surface area (Å²) in [6, 6.07) is 19.8. The number of amides is 2. The highest BCUT2D eigenvalue weighted by atomic mass is 79.9. The van der Waals surface area contributed by atoms with E-state index in [-0.39, 0.29) is 11.1 Å². The fourth-order valence-electron chi connectivity index (χ4n) is 5.35. The number of nitrogens with zero attached hydrogens (tertiary/aromatic N) is 1. The molecule has 2 aliphatic heterocycles. The maximum Gasteiger partial charge on any atom is 0.241 e. The molecule has 3 aromatic rings. The van der Waals surface area contributed by atoms with E-state index in [0.29, 0.717) is 20.7 Å². The maximum absolute atomic E-state index is 13.8. The number of rotatable bonds is 2. The second kappa shape index (κ2) is 7.43. The third kappa shape index (κ3) is 2.66. The predicted molar refractivity (Wildman–Crippen MR) is 127 cm³/mol. The fourth-order valence-corrected chi connectivity index (χ4v) is 5.99. The number of carbonyl (C=O) groups excluding carboxylic acids is 4. The van der Waals surface area contributed by atoms with Gasteiger partial charge in [-0.3, -0.25) is 19.2 Å². The first-order chi connectivity index (χ1) is 16.4. The Kier molecular flexibility index (Phi) is 4.68. The van der Waals surface area contributed by atoms with Crippen LogP contribution in [0.5, 0.6) is 0 Å². The summed E-state index contributed by atoms with van der Waals surface area (Å²) in [5, 5.41) is 0.450. The average Bonchev–Trinajstić information content (AvgIpc) is 3.40. The Bertz CT molecular complexity index is 1380. The summed E-state index contributed by atoms with van der Waals surface area (Å²) in [6.07, 6.45) is -0.975. The van der Waals surface area contributed by atoms with Gasteiger partial charge in [0, 0.05) is 20.6 Å². The van der Waals surface area contributed by atoms with Gasteiger partial charge in [-0.15, -0.1) is 0 Å². The highest BCUT2D eigenvalue weighted by Crippen LogP contribution is 2.58. The van der Waals surface area contributed by atoms with E-state index < -0.39 is 46.9 Å². The molecule has 8 heteroatoms. The van der Waals surface area contributed by atoms with Crippen molar-refractivity contribution in [1.29, 1.82) is 0 Å².